The van der Waals surface area contributed by atoms with Gasteiger partial charge in [0.2, 0.25) is 0 Å². The van der Waals surface area contributed by atoms with E-state index >= 15 is 0 Å². The minimum atomic E-state index is -0.526. The first-order valence-electron chi connectivity index (χ1n) is 8.27. The van der Waals surface area contributed by atoms with E-state index in [9.17, 15) is 4.79 Å². The molecule has 0 rings (SSSR count). The van der Waals surface area contributed by atoms with Crippen LogP contribution in [0, 0.1) is 10.8 Å². The van der Waals surface area contributed by atoms with Crippen molar-refractivity contribution in [1.82, 2.24) is 5.32 Å². The Morgan fingerprint density at radius 3 is 1.74 bits per heavy atom. The first-order valence-corrected chi connectivity index (χ1v) is 8.27. The van der Waals surface area contributed by atoms with Gasteiger partial charge in [0.15, 0.2) is 0 Å². The summed E-state index contributed by atoms with van der Waals surface area (Å²) in [7, 11) is 1.61. The highest BCUT2D eigenvalue weighted by Gasteiger charge is 2.36. The largest absolute Gasteiger partial charge is 0.444 e. The molecule has 0 aromatic carbocycles. The average molecular weight is 331 g/mol. The second kappa shape index (κ2) is 8.34. The van der Waals surface area contributed by atoms with E-state index in [1.54, 1.807) is 7.11 Å². The number of alkyl carbamates (subject to hydrolysis) is 1. The van der Waals surface area contributed by atoms with Gasteiger partial charge in [0.05, 0.1) is 25.4 Å². The number of amides is 1. The van der Waals surface area contributed by atoms with Crippen LogP contribution < -0.4 is 5.32 Å². The molecule has 1 N–H and O–H groups in total. The molecule has 138 valence electrons. The van der Waals surface area contributed by atoms with E-state index in [1.807, 2.05) is 20.8 Å². The van der Waals surface area contributed by atoms with E-state index < -0.39 is 11.7 Å². The standard InChI is InChI=1S/C18H37NO4/c1-16(2,3)14(17(4,5)6)22-12-13(11-21-10)19-15(20)23-18(7,8)9/h13-14H,11-12H2,1-10H3,(H,19,20). The van der Waals surface area contributed by atoms with Crippen molar-refractivity contribution in [3.8, 4) is 0 Å². The summed E-state index contributed by atoms with van der Waals surface area (Å²) in [5.74, 6) is 0. The molecule has 5 nitrogen and oxygen atoms in total. The van der Waals surface area contributed by atoms with E-state index in [1.165, 1.54) is 0 Å². The zero-order valence-electron chi connectivity index (χ0n) is 16.7. The molecule has 23 heavy (non-hydrogen) atoms. The Balaban J connectivity index is 4.78. The van der Waals surface area contributed by atoms with E-state index in [-0.39, 0.29) is 23.0 Å². The first kappa shape index (κ1) is 22.2. The van der Waals surface area contributed by atoms with Gasteiger partial charge in [-0.1, -0.05) is 41.5 Å². The van der Waals surface area contributed by atoms with Crippen LogP contribution >= 0.6 is 0 Å². The zero-order valence-corrected chi connectivity index (χ0v) is 16.7. The lowest BCUT2D eigenvalue weighted by molar-refractivity contribution is -0.0918. The first-order chi connectivity index (χ1) is 10.2. The van der Waals surface area contributed by atoms with Crippen LogP contribution in [0.5, 0.6) is 0 Å². The lowest BCUT2D eigenvalue weighted by atomic mass is 9.74. The van der Waals surface area contributed by atoms with Crippen molar-refractivity contribution in [1.29, 1.82) is 0 Å². The van der Waals surface area contributed by atoms with Gasteiger partial charge in [-0.25, -0.2) is 4.79 Å². The Labute approximate surface area is 142 Å². The summed E-state index contributed by atoms with van der Waals surface area (Å²) in [4.78, 5) is 11.9. The predicted molar refractivity (Wildman–Crippen MR) is 93.7 cm³/mol. The topological polar surface area (TPSA) is 56.8 Å². The van der Waals surface area contributed by atoms with E-state index in [4.69, 9.17) is 14.2 Å². The van der Waals surface area contributed by atoms with Crippen molar-refractivity contribution in [2.75, 3.05) is 20.3 Å². The highest BCUT2D eigenvalue weighted by molar-refractivity contribution is 5.68. The molecule has 0 aliphatic rings. The molecule has 0 aliphatic heterocycles. The van der Waals surface area contributed by atoms with Crippen LogP contribution in [0.3, 0.4) is 0 Å². The molecule has 0 fully saturated rings. The number of rotatable bonds is 6. The maximum absolute atomic E-state index is 11.9. The van der Waals surface area contributed by atoms with Crippen molar-refractivity contribution >= 4 is 6.09 Å². The lowest BCUT2D eigenvalue weighted by Gasteiger charge is -2.41. The minimum Gasteiger partial charge on any atom is -0.444 e. The Morgan fingerprint density at radius 1 is 0.913 bits per heavy atom. The number of carbonyl (C=O) groups excluding carboxylic acids is 1. The number of hydrogen-bond donors (Lipinski definition) is 1. The van der Waals surface area contributed by atoms with Crippen molar-refractivity contribution in [3.63, 3.8) is 0 Å². The van der Waals surface area contributed by atoms with Crippen LogP contribution in [0.1, 0.15) is 62.3 Å². The quantitative estimate of drug-likeness (QED) is 0.799. The highest BCUT2D eigenvalue weighted by atomic mass is 16.6. The number of nitrogens with one attached hydrogen (secondary N) is 1. The Bertz CT molecular complexity index is 347. The third kappa shape index (κ3) is 9.82. The SMILES string of the molecule is COCC(COC(C(C)(C)C)C(C)(C)C)NC(=O)OC(C)(C)C. The summed E-state index contributed by atoms with van der Waals surface area (Å²) in [5, 5.41) is 2.82. The molecule has 0 saturated heterocycles. The number of ether oxygens (including phenoxy) is 3. The van der Waals surface area contributed by atoms with Gasteiger partial charge in [0.1, 0.15) is 5.60 Å². The van der Waals surface area contributed by atoms with Crippen LogP contribution in [-0.2, 0) is 14.2 Å². The second-order valence-corrected chi connectivity index (χ2v) is 9.24. The van der Waals surface area contributed by atoms with E-state index in [0.717, 1.165) is 0 Å². The third-order valence-electron chi connectivity index (χ3n) is 3.13. The summed E-state index contributed by atoms with van der Waals surface area (Å²) >= 11 is 0. The molecular weight excluding hydrogens is 294 g/mol. The van der Waals surface area contributed by atoms with Gasteiger partial charge >= 0.3 is 6.09 Å². The Kier molecular flexibility index (Phi) is 8.04. The average Bonchev–Trinajstić information content (AvgIpc) is 2.22. The molecule has 0 aromatic rings. The second-order valence-electron chi connectivity index (χ2n) is 9.24. The molecule has 0 saturated carbocycles. The van der Waals surface area contributed by atoms with Gasteiger partial charge in [-0.05, 0) is 31.6 Å². The fourth-order valence-corrected chi connectivity index (χ4v) is 2.82. The van der Waals surface area contributed by atoms with Crippen molar-refractivity contribution in [2.45, 2.75) is 80.1 Å². The molecule has 0 spiro atoms. The molecule has 0 aliphatic carbocycles. The fraction of sp³-hybridized carbons (Fsp3) is 0.944. The number of carbonyl (C=O) groups is 1. The van der Waals surface area contributed by atoms with Crippen LogP contribution in [0.25, 0.3) is 0 Å². The van der Waals surface area contributed by atoms with Crippen molar-refractivity contribution in [2.24, 2.45) is 10.8 Å². The number of methoxy groups -OCH3 is 1. The Hall–Kier alpha value is -0.810. The monoisotopic (exact) mass is 331 g/mol. The van der Waals surface area contributed by atoms with Crippen LogP contribution in [0.15, 0.2) is 0 Å². The predicted octanol–water partition coefficient (Wildman–Crippen LogP) is 4.00. The summed E-state index contributed by atoms with van der Waals surface area (Å²) in [6.45, 7) is 19.2. The number of hydrogen-bond acceptors (Lipinski definition) is 4. The summed E-state index contributed by atoms with van der Waals surface area (Å²) in [5.41, 5.74) is -0.522. The van der Waals surface area contributed by atoms with Crippen molar-refractivity contribution in [3.05, 3.63) is 0 Å². The zero-order chi connectivity index (χ0) is 18.5. The Morgan fingerprint density at radius 2 is 1.39 bits per heavy atom. The maximum Gasteiger partial charge on any atom is 0.408 e. The van der Waals surface area contributed by atoms with E-state index in [2.05, 4.69) is 46.9 Å². The molecule has 5 heteroatoms. The smallest absolute Gasteiger partial charge is 0.408 e. The van der Waals surface area contributed by atoms with Gasteiger partial charge in [-0.2, -0.15) is 0 Å². The van der Waals surface area contributed by atoms with Crippen LogP contribution in [0.4, 0.5) is 4.79 Å². The minimum absolute atomic E-state index is 0.00178. The van der Waals surface area contributed by atoms with Gasteiger partial charge in [0, 0.05) is 7.11 Å². The van der Waals surface area contributed by atoms with Crippen LogP contribution in [0.2, 0.25) is 0 Å². The molecule has 1 amide bonds. The normalized spacial score (nSPS) is 14.7. The summed E-state index contributed by atoms with van der Waals surface area (Å²) in [6.07, 6.45) is -0.402. The fourth-order valence-electron chi connectivity index (χ4n) is 2.82. The molecule has 0 heterocycles. The maximum atomic E-state index is 11.9. The lowest BCUT2D eigenvalue weighted by Crippen LogP contribution is -2.47. The van der Waals surface area contributed by atoms with Gasteiger partial charge in [0.25, 0.3) is 0 Å². The molecule has 1 atom stereocenters. The van der Waals surface area contributed by atoms with Gasteiger partial charge < -0.3 is 19.5 Å². The molecule has 0 bridgehead atoms. The van der Waals surface area contributed by atoms with E-state index in [0.29, 0.717) is 13.2 Å². The highest BCUT2D eigenvalue weighted by Crippen LogP contribution is 2.36. The van der Waals surface area contributed by atoms with Crippen molar-refractivity contribution < 1.29 is 19.0 Å². The molecule has 1 unspecified atom stereocenters. The molecule has 0 aromatic heterocycles. The van der Waals surface area contributed by atoms with Gasteiger partial charge in [-0.15, -0.1) is 0 Å². The third-order valence-corrected chi connectivity index (χ3v) is 3.13. The van der Waals surface area contributed by atoms with Crippen LogP contribution in [-0.4, -0.2) is 44.2 Å². The van der Waals surface area contributed by atoms with Gasteiger partial charge in [-0.3, -0.25) is 0 Å². The molecule has 0 radical (unpaired) electrons. The molecular formula is C18H37NO4. The summed E-state index contributed by atoms with van der Waals surface area (Å²) < 4.78 is 16.6. The summed E-state index contributed by atoms with van der Waals surface area (Å²) in [6, 6.07) is -0.248.